The second-order valence-electron chi connectivity index (χ2n) is 7.47. The van der Waals surface area contributed by atoms with E-state index in [-0.39, 0.29) is 28.6 Å². The van der Waals surface area contributed by atoms with Gasteiger partial charge in [-0.15, -0.1) is 10.2 Å². The Kier molecular flexibility index (Phi) is 7.75. The number of rotatable bonds is 8. The maximum atomic E-state index is 14.5. The predicted molar refractivity (Wildman–Crippen MR) is 122 cm³/mol. The van der Waals surface area contributed by atoms with Crippen LogP contribution in [-0.4, -0.2) is 78.2 Å². The van der Waals surface area contributed by atoms with Gasteiger partial charge in [0.2, 0.25) is 5.95 Å². The molecule has 1 aliphatic heterocycles. The third kappa shape index (κ3) is 5.78. The number of halogens is 3. The maximum absolute atomic E-state index is 14.5. The van der Waals surface area contributed by atoms with Gasteiger partial charge in [-0.2, -0.15) is 13.8 Å². The summed E-state index contributed by atoms with van der Waals surface area (Å²) in [6.45, 7) is -0.851. The van der Waals surface area contributed by atoms with E-state index >= 15 is 0 Å². The second-order valence-corrected chi connectivity index (χ2v) is 7.47. The quantitative estimate of drug-likeness (QED) is 0.458. The van der Waals surface area contributed by atoms with Crippen LogP contribution in [0.5, 0.6) is 5.75 Å². The largest absolute Gasteiger partial charge is 0.435 e. The summed E-state index contributed by atoms with van der Waals surface area (Å²) in [4.78, 5) is 27.9. The highest BCUT2D eigenvalue weighted by Gasteiger charge is 2.22. The number of benzene rings is 1. The Morgan fingerprint density at radius 3 is 2.58 bits per heavy atom. The summed E-state index contributed by atoms with van der Waals surface area (Å²) in [6.07, 6.45) is 1.04. The number of nitrogens with zero attached hydrogens (tertiary/aromatic N) is 6. The first-order chi connectivity index (χ1) is 17.4. The van der Waals surface area contributed by atoms with Crippen LogP contribution in [0.4, 0.5) is 30.8 Å². The van der Waals surface area contributed by atoms with Crippen molar-refractivity contribution in [3.05, 3.63) is 48.0 Å². The van der Waals surface area contributed by atoms with E-state index in [0.29, 0.717) is 37.8 Å². The minimum atomic E-state index is -2.98. The number of amides is 1. The maximum Gasteiger partial charge on any atom is 0.387 e. The molecule has 1 saturated heterocycles. The first kappa shape index (κ1) is 25.1. The molecule has 0 atom stereocenters. The fourth-order valence-corrected chi connectivity index (χ4v) is 3.36. The smallest absolute Gasteiger partial charge is 0.387 e. The lowest BCUT2D eigenvalue weighted by Crippen LogP contribution is -2.37. The Bertz CT molecular complexity index is 1210. The fourth-order valence-electron chi connectivity index (χ4n) is 3.36. The molecular weight excluding hydrogens is 483 g/mol. The molecule has 1 amide bonds. The number of ether oxygens (including phenoxy) is 2. The standard InChI is InChI=1S/C22H22F3N7O4/c1-31(34-2)20(33)18-15(13-3-5-14(6-4-13)36-21(24)25)11-17(29-30-18)27-19-16(23)12-26-22(28-19)32-7-9-35-10-8-32/h3-6,11-12,21H,7-10H2,1-2H3,(H,26,27,28,29). The van der Waals surface area contributed by atoms with Crippen LogP contribution in [0.15, 0.2) is 36.5 Å². The van der Waals surface area contributed by atoms with Crippen molar-refractivity contribution >= 4 is 23.5 Å². The van der Waals surface area contributed by atoms with Gasteiger partial charge < -0.3 is 19.7 Å². The molecule has 11 nitrogen and oxygen atoms in total. The molecule has 0 saturated carbocycles. The number of hydrogen-bond acceptors (Lipinski definition) is 10. The van der Waals surface area contributed by atoms with Crippen LogP contribution in [0.2, 0.25) is 0 Å². The van der Waals surface area contributed by atoms with E-state index in [2.05, 4.69) is 30.2 Å². The lowest BCUT2D eigenvalue weighted by molar-refractivity contribution is -0.0760. The topological polar surface area (TPSA) is 115 Å². The molecule has 4 rings (SSSR count). The molecule has 0 aliphatic carbocycles. The van der Waals surface area contributed by atoms with Crippen LogP contribution in [0.1, 0.15) is 10.5 Å². The van der Waals surface area contributed by atoms with Gasteiger partial charge in [0.25, 0.3) is 5.91 Å². The molecule has 3 aromatic rings. The van der Waals surface area contributed by atoms with Crippen molar-refractivity contribution in [3.63, 3.8) is 0 Å². The van der Waals surface area contributed by atoms with Crippen molar-refractivity contribution in [2.45, 2.75) is 6.61 Å². The summed E-state index contributed by atoms with van der Waals surface area (Å²) in [5.74, 6) is -1.13. The number of alkyl halides is 2. The van der Waals surface area contributed by atoms with E-state index in [1.165, 1.54) is 44.5 Å². The number of aromatic nitrogens is 4. The van der Waals surface area contributed by atoms with E-state index in [9.17, 15) is 18.0 Å². The number of carbonyl (C=O) groups excluding carboxylic acids is 1. The number of anilines is 3. The molecule has 0 spiro atoms. The summed E-state index contributed by atoms with van der Waals surface area (Å²) in [5, 5.41) is 11.7. The van der Waals surface area contributed by atoms with E-state index in [1.54, 1.807) is 0 Å². The summed E-state index contributed by atoms with van der Waals surface area (Å²) in [6, 6.07) is 7.06. The van der Waals surface area contributed by atoms with Crippen molar-refractivity contribution < 1.29 is 32.3 Å². The molecule has 190 valence electrons. The third-order valence-corrected chi connectivity index (χ3v) is 5.22. The molecule has 3 heterocycles. The van der Waals surface area contributed by atoms with Crippen LogP contribution in [-0.2, 0) is 9.57 Å². The Hall–Kier alpha value is -4.04. The minimum Gasteiger partial charge on any atom is -0.435 e. The molecule has 14 heteroatoms. The minimum absolute atomic E-state index is 0.0605. The van der Waals surface area contributed by atoms with Gasteiger partial charge >= 0.3 is 6.61 Å². The van der Waals surface area contributed by atoms with Crippen molar-refractivity contribution in [3.8, 4) is 16.9 Å². The normalized spacial score (nSPS) is 13.6. The average molecular weight is 505 g/mol. The summed E-state index contributed by atoms with van der Waals surface area (Å²) < 4.78 is 49.3. The van der Waals surface area contributed by atoms with Crippen molar-refractivity contribution in [1.29, 1.82) is 0 Å². The van der Waals surface area contributed by atoms with Crippen LogP contribution in [0, 0.1) is 5.82 Å². The molecule has 1 aromatic carbocycles. The molecule has 0 radical (unpaired) electrons. The van der Waals surface area contributed by atoms with Crippen LogP contribution < -0.4 is 15.0 Å². The van der Waals surface area contributed by atoms with Gasteiger partial charge in [0.15, 0.2) is 23.1 Å². The lowest BCUT2D eigenvalue weighted by Gasteiger charge is -2.26. The van der Waals surface area contributed by atoms with E-state index in [4.69, 9.17) is 9.57 Å². The monoisotopic (exact) mass is 505 g/mol. The number of hydroxylamine groups is 2. The van der Waals surface area contributed by atoms with Gasteiger partial charge in [0.05, 0.1) is 26.5 Å². The first-order valence-electron chi connectivity index (χ1n) is 10.7. The van der Waals surface area contributed by atoms with Crippen LogP contribution in [0.3, 0.4) is 0 Å². The number of nitrogens with one attached hydrogen (secondary N) is 1. The molecular formula is C22H22F3N7O4. The third-order valence-electron chi connectivity index (χ3n) is 5.22. The predicted octanol–water partition coefficient (Wildman–Crippen LogP) is 2.89. The lowest BCUT2D eigenvalue weighted by atomic mass is 10.0. The first-order valence-corrected chi connectivity index (χ1v) is 10.7. The van der Waals surface area contributed by atoms with Gasteiger partial charge in [0, 0.05) is 25.7 Å². The molecule has 36 heavy (non-hydrogen) atoms. The van der Waals surface area contributed by atoms with Crippen molar-refractivity contribution in [1.82, 2.24) is 25.2 Å². The molecule has 2 aromatic heterocycles. The average Bonchev–Trinajstić information content (AvgIpc) is 2.89. The highest BCUT2D eigenvalue weighted by molar-refractivity contribution is 5.98. The number of carbonyl (C=O) groups is 1. The number of morpholine rings is 1. The van der Waals surface area contributed by atoms with Gasteiger partial charge in [-0.05, 0) is 23.8 Å². The van der Waals surface area contributed by atoms with Gasteiger partial charge in [0.1, 0.15) is 5.75 Å². The molecule has 1 fully saturated rings. The Morgan fingerprint density at radius 2 is 1.92 bits per heavy atom. The zero-order chi connectivity index (χ0) is 25.7. The Balaban J connectivity index is 1.68. The van der Waals surface area contributed by atoms with Crippen LogP contribution in [0.25, 0.3) is 11.1 Å². The molecule has 1 aliphatic rings. The van der Waals surface area contributed by atoms with E-state index in [0.717, 1.165) is 11.3 Å². The molecule has 0 unspecified atom stereocenters. The summed E-state index contributed by atoms with van der Waals surface area (Å²) in [7, 11) is 2.70. The van der Waals surface area contributed by atoms with E-state index in [1.807, 2.05) is 4.90 Å². The summed E-state index contributed by atoms with van der Waals surface area (Å²) >= 11 is 0. The number of hydrogen-bond donors (Lipinski definition) is 1. The molecule has 0 bridgehead atoms. The molecule has 1 N–H and O–H groups in total. The highest BCUT2D eigenvalue weighted by Crippen LogP contribution is 2.29. The fraction of sp³-hybridized carbons (Fsp3) is 0.318. The van der Waals surface area contributed by atoms with Gasteiger partial charge in [-0.3, -0.25) is 9.63 Å². The summed E-state index contributed by atoms with van der Waals surface area (Å²) in [5.41, 5.74) is 0.650. The SMILES string of the molecule is CON(C)C(=O)c1nnc(Nc2nc(N3CCOCC3)ncc2F)cc1-c1ccc(OC(F)F)cc1. The van der Waals surface area contributed by atoms with Crippen molar-refractivity contribution in [2.75, 3.05) is 50.7 Å². The Morgan fingerprint density at radius 1 is 1.19 bits per heavy atom. The highest BCUT2D eigenvalue weighted by atomic mass is 19.3. The van der Waals surface area contributed by atoms with E-state index < -0.39 is 18.3 Å². The zero-order valence-corrected chi connectivity index (χ0v) is 19.3. The zero-order valence-electron chi connectivity index (χ0n) is 19.3. The Labute approximate surface area is 203 Å². The second kappa shape index (κ2) is 11.1. The van der Waals surface area contributed by atoms with Gasteiger partial charge in [-0.25, -0.2) is 14.4 Å². The van der Waals surface area contributed by atoms with Crippen LogP contribution >= 0.6 is 0 Å². The van der Waals surface area contributed by atoms with Gasteiger partial charge in [-0.1, -0.05) is 12.1 Å². The van der Waals surface area contributed by atoms with Crippen molar-refractivity contribution in [2.24, 2.45) is 0 Å².